The van der Waals surface area contributed by atoms with Crippen molar-refractivity contribution in [2.75, 3.05) is 44.2 Å². The molecule has 0 radical (unpaired) electrons. The number of hydrogen-bond donors (Lipinski definition) is 0. The van der Waals surface area contributed by atoms with Crippen LogP contribution in [0.3, 0.4) is 0 Å². The molecule has 0 unspecified atom stereocenters. The molecule has 2 aromatic rings. The topological polar surface area (TPSA) is 56.8 Å². The van der Waals surface area contributed by atoms with Crippen LogP contribution >= 0.6 is 11.3 Å². The highest BCUT2D eigenvalue weighted by atomic mass is 32.1. The summed E-state index contributed by atoms with van der Waals surface area (Å²) in [5.74, 6) is -2.01. The van der Waals surface area contributed by atoms with Crippen LogP contribution in [0, 0.1) is 17.6 Å². The van der Waals surface area contributed by atoms with Gasteiger partial charge in [0, 0.05) is 62.8 Å². The molecular formula is C20H22F2N4O2S. The number of nitrogens with zero attached hydrogens (tertiary/aromatic N) is 4. The Labute approximate surface area is 171 Å². The standard InChI is InChI=1S/C20H22F2N4O2S/c21-15-1-2-16(17(22)13-15)19(28)24-6-3-14(4-7-24)18(27)25-8-10-26(11-9-25)20-23-5-12-29-20/h1-2,5,12-14H,3-4,6-11H2. The fraction of sp³-hybridized carbons (Fsp3) is 0.450. The first kappa shape index (κ1) is 19.8. The number of benzene rings is 1. The van der Waals surface area contributed by atoms with Crippen LogP contribution in [0.2, 0.25) is 0 Å². The summed E-state index contributed by atoms with van der Waals surface area (Å²) in [7, 11) is 0. The van der Waals surface area contributed by atoms with Gasteiger partial charge in [-0.1, -0.05) is 0 Å². The maximum absolute atomic E-state index is 13.9. The molecule has 1 aromatic heterocycles. The molecule has 1 aromatic carbocycles. The number of piperazine rings is 1. The van der Waals surface area contributed by atoms with Crippen LogP contribution in [0.25, 0.3) is 0 Å². The number of carbonyl (C=O) groups excluding carboxylic acids is 2. The third kappa shape index (κ3) is 4.24. The Morgan fingerprint density at radius 1 is 1.00 bits per heavy atom. The summed E-state index contributed by atoms with van der Waals surface area (Å²) < 4.78 is 26.9. The van der Waals surface area contributed by atoms with Crippen molar-refractivity contribution in [3.05, 3.63) is 47.0 Å². The first-order chi connectivity index (χ1) is 14.0. The number of rotatable bonds is 3. The van der Waals surface area contributed by atoms with E-state index in [1.165, 1.54) is 6.07 Å². The largest absolute Gasteiger partial charge is 0.345 e. The van der Waals surface area contributed by atoms with Gasteiger partial charge in [0.15, 0.2) is 5.13 Å². The fourth-order valence-electron chi connectivity index (χ4n) is 3.91. The summed E-state index contributed by atoms with van der Waals surface area (Å²) in [4.78, 5) is 35.3. The molecule has 0 aliphatic carbocycles. The molecule has 0 atom stereocenters. The van der Waals surface area contributed by atoms with Crippen LogP contribution in [0.5, 0.6) is 0 Å². The number of aromatic nitrogens is 1. The molecule has 2 saturated heterocycles. The van der Waals surface area contributed by atoms with Crippen LogP contribution in [0.1, 0.15) is 23.2 Å². The molecular weight excluding hydrogens is 398 g/mol. The molecule has 3 heterocycles. The highest BCUT2D eigenvalue weighted by Gasteiger charge is 2.32. The number of carbonyl (C=O) groups is 2. The summed E-state index contributed by atoms with van der Waals surface area (Å²) in [6, 6.07) is 2.97. The third-order valence-corrected chi connectivity index (χ3v) is 6.41. The maximum Gasteiger partial charge on any atom is 0.256 e. The van der Waals surface area contributed by atoms with Crippen LogP contribution in [0.15, 0.2) is 29.8 Å². The Kier molecular flexibility index (Phi) is 5.75. The van der Waals surface area contributed by atoms with E-state index in [0.717, 1.165) is 30.4 Å². The average molecular weight is 420 g/mol. The van der Waals surface area contributed by atoms with Crippen molar-refractivity contribution in [1.29, 1.82) is 0 Å². The first-order valence-corrected chi connectivity index (χ1v) is 10.6. The second kappa shape index (κ2) is 8.44. The van der Waals surface area contributed by atoms with Crippen LogP contribution in [-0.2, 0) is 4.79 Å². The minimum absolute atomic E-state index is 0.122. The number of piperidine rings is 1. The van der Waals surface area contributed by atoms with E-state index in [1.54, 1.807) is 22.4 Å². The van der Waals surface area contributed by atoms with Crippen molar-refractivity contribution in [2.45, 2.75) is 12.8 Å². The number of hydrogen-bond acceptors (Lipinski definition) is 5. The van der Waals surface area contributed by atoms with E-state index in [9.17, 15) is 18.4 Å². The Bertz CT molecular complexity index is 877. The maximum atomic E-state index is 13.9. The van der Waals surface area contributed by atoms with Crippen molar-refractivity contribution in [3.63, 3.8) is 0 Å². The number of amides is 2. The zero-order valence-corrected chi connectivity index (χ0v) is 16.7. The van der Waals surface area contributed by atoms with Gasteiger partial charge in [-0.15, -0.1) is 11.3 Å². The summed E-state index contributed by atoms with van der Waals surface area (Å²) >= 11 is 1.60. The van der Waals surface area contributed by atoms with Crippen LogP contribution in [0.4, 0.5) is 13.9 Å². The molecule has 0 spiro atoms. The van der Waals surface area contributed by atoms with Gasteiger partial charge in [-0.3, -0.25) is 9.59 Å². The fourth-order valence-corrected chi connectivity index (χ4v) is 4.61. The Morgan fingerprint density at radius 3 is 2.34 bits per heavy atom. The molecule has 154 valence electrons. The average Bonchev–Trinajstić information content (AvgIpc) is 3.28. The van der Waals surface area contributed by atoms with E-state index >= 15 is 0 Å². The number of halogens is 2. The molecule has 6 nitrogen and oxygen atoms in total. The highest BCUT2D eigenvalue weighted by Crippen LogP contribution is 2.24. The van der Waals surface area contributed by atoms with Crippen molar-refractivity contribution in [1.82, 2.24) is 14.8 Å². The number of likely N-dealkylation sites (tertiary alicyclic amines) is 1. The Balaban J connectivity index is 1.29. The van der Waals surface area contributed by atoms with Gasteiger partial charge in [0.1, 0.15) is 11.6 Å². The van der Waals surface area contributed by atoms with Crippen molar-refractivity contribution in [3.8, 4) is 0 Å². The summed E-state index contributed by atoms with van der Waals surface area (Å²) in [6.45, 7) is 3.65. The van der Waals surface area contributed by atoms with E-state index in [4.69, 9.17) is 0 Å². The lowest BCUT2D eigenvalue weighted by Crippen LogP contribution is -2.52. The molecule has 2 fully saturated rings. The van der Waals surface area contributed by atoms with Gasteiger partial charge in [0.05, 0.1) is 5.56 Å². The minimum Gasteiger partial charge on any atom is -0.345 e. The Hall–Kier alpha value is -2.55. The van der Waals surface area contributed by atoms with Gasteiger partial charge in [0.2, 0.25) is 5.91 Å². The van der Waals surface area contributed by atoms with Gasteiger partial charge in [-0.05, 0) is 25.0 Å². The lowest BCUT2D eigenvalue weighted by Gasteiger charge is -2.38. The normalized spacial score (nSPS) is 18.2. The Morgan fingerprint density at radius 2 is 1.72 bits per heavy atom. The van der Waals surface area contributed by atoms with Gasteiger partial charge >= 0.3 is 0 Å². The number of anilines is 1. The summed E-state index contributed by atoms with van der Waals surface area (Å²) in [5.41, 5.74) is -0.130. The van der Waals surface area contributed by atoms with Crippen molar-refractivity contribution >= 4 is 28.3 Å². The molecule has 2 amide bonds. The van der Waals surface area contributed by atoms with E-state index in [2.05, 4.69) is 9.88 Å². The number of thiazole rings is 1. The van der Waals surface area contributed by atoms with E-state index in [-0.39, 0.29) is 17.4 Å². The zero-order chi connectivity index (χ0) is 20.4. The quantitative estimate of drug-likeness (QED) is 0.766. The predicted molar refractivity (Wildman–Crippen MR) is 106 cm³/mol. The lowest BCUT2D eigenvalue weighted by molar-refractivity contribution is -0.137. The third-order valence-electron chi connectivity index (χ3n) is 5.57. The van der Waals surface area contributed by atoms with E-state index < -0.39 is 17.5 Å². The first-order valence-electron chi connectivity index (χ1n) is 9.70. The monoisotopic (exact) mass is 420 g/mol. The van der Waals surface area contributed by atoms with Gasteiger partial charge in [-0.2, -0.15) is 0 Å². The van der Waals surface area contributed by atoms with Gasteiger partial charge in [-0.25, -0.2) is 13.8 Å². The lowest BCUT2D eigenvalue weighted by atomic mass is 9.94. The van der Waals surface area contributed by atoms with Crippen LogP contribution < -0.4 is 4.90 Å². The van der Waals surface area contributed by atoms with Crippen molar-refractivity contribution in [2.24, 2.45) is 5.92 Å². The molecule has 0 saturated carbocycles. The predicted octanol–water partition coefficient (Wildman–Crippen LogP) is 2.62. The van der Waals surface area contributed by atoms with Gasteiger partial charge < -0.3 is 14.7 Å². The molecule has 9 heteroatoms. The molecule has 2 aliphatic heterocycles. The molecule has 2 aliphatic rings. The zero-order valence-electron chi connectivity index (χ0n) is 15.9. The van der Waals surface area contributed by atoms with Crippen LogP contribution in [-0.4, -0.2) is 65.9 Å². The summed E-state index contributed by atoms with van der Waals surface area (Å²) in [5, 5.41) is 2.93. The highest BCUT2D eigenvalue weighted by molar-refractivity contribution is 7.13. The van der Waals surface area contributed by atoms with E-state index in [0.29, 0.717) is 39.0 Å². The minimum atomic E-state index is -0.855. The summed E-state index contributed by atoms with van der Waals surface area (Å²) in [6.07, 6.45) is 2.89. The van der Waals surface area contributed by atoms with Gasteiger partial charge in [0.25, 0.3) is 5.91 Å². The van der Waals surface area contributed by atoms with E-state index in [1.807, 2.05) is 10.3 Å². The molecule has 29 heavy (non-hydrogen) atoms. The smallest absolute Gasteiger partial charge is 0.256 e. The van der Waals surface area contributed by atoms with Crippen molar-refractivity contribution < 1.29 is 18.4 Å². The second-order valence-corrected chi connectivity index (χ2v) is 8.19. The molecule has 0 bridgehead atoms. The molecule has 4 rings (SSSR count). The molecule has 0 N–H and O–H groups in total. The SMILES string of the molecule is O=C(c1ccc(F)cc1F)N1CCC(C(=O)N2CCN(c3nccs3)CC2)CC1. The second-order valence-electron chi connectivity index (χ2n) is 7.32.